The third-order valence-electron chi connectivity index (χ3n) is 7.93. The zero-order valence-electron chi connectivity index (χ0n) is 31.4. The molecular weight excluding hydrogens is 903 g/mol. The fourth-order valence-electron chi connectivity index (χ4n) is 5.19. The van der Waals surface area contributed by atoms with Crippen molar-refractivity contribution < 1.29 is 49.3 Å². The highest BCUT2D eigenvalue weighted by Gasteiger charge is 2.40. The van der Waals surface area contributed by atoms with Crippen molar-refractivity contribution in [3.63, 3.8) is 0 Å². The van der Waals surface area contributed by atoms with Crippen molar-refractivity contribution in [2.24, 2.45) is 0 Å². The van der Waals surface area contributed by atoms with Crippen LogP contribution < -0.4 is 30.9 Å². The smallest absolute Gasteiger partial charge is 0.437 e. The van der Waals surface area contributed by atoms with Gasteiger partial charge in [-0.25, -0.2) is 23.8 Å². The number of benzene rings is 2. The molecule has 0 aliphatic carbocycles. The van der Waals surface area contributed by atoms with E-state index in [4.69, 9.17) is 47.9 Å². The highest BCUT2D eigenvalue weighted by Crippen LogP contribution is 2.37. The lowest BCUT2D eigenvalue weighted by Gasteiger charge is -2.15. The third-order valence-corrected chi connectivity index (χ3v) is 8.37. The fraction of sp³-hybridized carbons (Fsp3) is 0.189. The quantitative estimate of drug-likeness (QED) is 0.129. The van der Waals surface area contributed by atoms with Crippen LogP contribution in [0.3, 0.4) is 0 Å². The molecule has 0 amide bonds. The van der Waals surface area contributed by atoms with Crippen LogP contribution in [0, 0.1) is 22.7 Å². The van der Waals surface area contributed by atoms with Crippen LogP contribution in [0.5, 0.6) is 28.9 Å². The second-order valence-corrected chi connectivity index (χ2v) is 13.2. The summed E-state index contributed by atoms with van der Waals surface area (Å²) in [7, 11) is 1.27. The SMILES string of the molecule is COc1nnc(Cn2cnc(C(F)(F)F)c(Oc3cc(Cl)cc(C#N)c3)c2=O)cc1CF.N#Cc1cc(Cl)cc(Oc2c(C(F)(F)F)ncn(Cc3cc(CF)c(=O)[nH]n3)c2=O)c1. The molecule has 0 radical (unpaired) electrons. The summed E-state index contributed by atoms with van der Waals surface area (Å²) in [6.07, 6.45) is -8.75. The van der Waals surface area contributed by atoms with Gasteiger partial charge in [0.1, 0.15) is 24.8 Å². The van der Waals surface area contributed by atoms with Crippen LogP contribution >= 0.6 is 23.2 Å². The first kappa shape index (κ1) is 46.6. The first-order chi connectivity index (χ1) is 29.8. The van der Waals surface area contributed by atoms with Crippen molar-refractivity contribution >= 4 is 23.2 Å². The molecule has 0 aliphatic rings. The van der Waals surface area contributed by atoms with Gasteiger partial charge in [0, 0.05) is 15.6 Å². The molecule has 6 rings (SSSR count). The molecule has 0 fully saturated rings. The van der Waals surface area contributed by atoms with Crippen molar-refractivity contribution in [1.29, 1.82) is 10.5 Å². The minimum absolute atomic E-state index is 0.00279. The van der Waals surface area contributed by atoms with E-state index in [0.717, 1.165) is 39.5 Å². The van der Waals surface area contributed by atoms with E-state index in [0.29, 0.717) is 12.7 Å². The number of halogens is 10. The zero-order chi connectivity index (χ0) is 46.2. The summed E-state index contributed by atoms with van der Waals surface area (Å²) >= 11 is 11.7. The molecule has 0 saturated heterocycles. The Morgan fingerprint density at radius 3 is 1.57 bits per heavy atom. The number of nitrogens with one attached hydrogen (secondary N) is 1. The molecule has 0 unspecified atom stereocenters. The van der Waals surface area contributed by atoms with Gasteiger partial charge in [-0.15, -0.1) is 10.2 Å². The van der Waals surface area contributed by atoms with Crippen LogP contribution in [0.4, 0.5) is 35.1 Å². The second-order valence-electron chi connectivity index (χ2n) is 12.3. The highest BCUT2D eigenvalue weighted by molar-refractivity contribution is 6.31. The van der Waals surface area contributed by atoms with Crippen molar-refractivity contribution in [2.75, 3.05) is 7.11 Å². The van der Waals surface area contributed by atoms with E-state index < -0.39 is 71.8 Å². The number of alkyl halides is 8. The highest BCUT2D eigenvalue weighted by atomic mass is 35.5. The van der Waals surface area contributed by atoms with E-state index in [1.165, 1.54) is 25.3 Å². The average molecular weight is 926 g/mol. The topological polar surface area (TPSA) is 217 Å². The fourth-order valence-corrected chi connectivity index (χ4v) is 5.64. The molecule has 0 saturated carbocycles. The normalized spacial score (nSPS) is 11.2. The van der Waals surface area contributed by atoms with Crippen LogP contribution in [-0.2, 0) is 38.8 Å². The summed E-state index contributed by atoms with van der Waals surface area (Å²) in [5.41, 5.74) is -6.49. The minimum atomic E-state index is -5.03. The van der Waals surface area contributed by atoms with Gasteiger partial charge in [0.15, 0.2) is 11.4 Å². The number of nitrogens with zero attached hydrogens (tertiary/aromatic N) is 9. The maximum Gasteiger partial charge on any atom is 0.437 e. The lowest BCUT2D eigenvalue weighted by molar-refractivity contribution is -0.143. The first-order valence-electron chi connectivity index (χ1n) is 17.0. The molecule has 0 atom stereocenters. The molecular formula is C37H22Cl2F8N10O6. The lowest BCUT2D eigenvalue weighted by Crippen LogP contribution is -2.27. The number of aromatic nitrogens is 8. The Bertz CT molecular complexity index is 2950. The average Bonchev–Trinajstić information content (AvgIpc) is 3.23. The molecule has 326 valence electrons. The summed E-state index contributed by atoms with van der Waals surface area (Å²) in [6.45, 7) is -2.84. The summed E-state index contributed by atoms with van der Waals surface area (Å²) in [6, 6.07) is 12.9. The van der Waals surface area contributed by atoms with Crippen LogP contribution in [0.1, 0.15) is 45.0 Å². The number of aromatic amines is 1. The first-order valence-corrected chi connectivity index (χ1v) is 17.7. The van der Waals surface area contributed by atoms with Crippen LogP contribution in [-0.4, -0.2) is 46.6 Å². The van der Waals surface area contributed by atoms with Gasteiger partial charge >= 0.3 is 12.4 Å². The Labute approximate surface area is 356 Å². The Balaban J connectivity index is 0.000000238. The molecule has 1 N–H and O–H groups in total. The second kappa shape index (κ2) is 19.5. The molecule has 0 bridgehead atoms. The largest absolute Gasteiger partial charge is 0.480 e. The standard InChI is InChI=1S/C19H12ClF4N5O3.C18H10ClF4N5O3/c1-31-17-11(6-21)4-13(27-28-17)8-29-9-26-16(19(22,23)24)15(18(29)30)32-14-3-10(7-25)2-12(20)5-14;19-11-1-9(6-24)2-13(4-11)31-14-15(18(21,22)23)25-8-28(17(14)30)7-12-3-10(5-20)16(29)27-26-12/h2-5,9H,6,8H2,1H3;1-4,8H,5,7H2,(H,27,29). The summed E-state index contributed by atoms with van der Waals surface area (Å²) in [4.78, 5) is 43.5. The molecule has 6 aromatic rings. The number of hydrogen-bond donors (Lipinski definition) is 1. The van der Waals surface area contributed by atoms with Gasteiger partial charge in [0.2, 0.25) is 17.4 Å². The maximum atomic E-state index is 13.4. The predicted octanol–water partition coefficient (Wildman–Crippen LogP) is 7.08. The molecule has 4 heterocycles. The molecule has 63 heavy (non-hydrogen) atoms. The van der Waals surface area contributed by atoms with Crippen LogP contribution in [0.15, 0.2) is 75.6 Å². The maximum absolute atomic E-state index is 13.4. The predicted molar refractivity (Wildman–Crippen MR) is 201 cm³/mol. The monoisotopic (exact) mass is 924 g/mol. The molecule has 2 aromatic carbocycles. The van der Waals surface area contributed by atoms with Crippen molar-refractivity contribution in [1.82, 2.24) is 39.5 Å². The number of nitriles is 2. The van der Waals surface area contributed by atoms with Crippen molar-refractivity contribution in [2.45, 2.75) is 38.8 Å². The van der Waals surface area contributed by atoms with Gasteiger partial charge in [0.05, 0.1) is 73.1 Å². The van der Waals surface area contributed by atoms with Gasteiger partial charge in [0.25, 0.3) is 16.7 Å². The van der Waals surface area contributed by atoms with E-state index >= 15 is 0 Å². The van der Waals surface area contributed by atoms with Gasteiger partial charge in [-0.2, -0.15) is 42.0 Å². The summed E-state index contributed by atoms with van der Waals surface area (Å²) < 4.78 is 123. The molecule has 16 nitrogen and oxygen atoms in total. The Kier molecular flexibility index (Phi) is 14.4. The Hall–Kier alpha value is -7.44. The Morgan fingerprint density at radius 2 is 1.14 bits per heavy atom. The van der Waals surface area contributed by atoms with Crippen LogP contribution in [0.25, 0.3) is 0 Å². The van der Waals surface area contributed by atoms with Gasteiger partial charge in [-0.05, 0) is 48.5 Å². The zero-order valence-corrected chi connectivity index (χ0v) is 32.9. The van der Waals surface area contributed by atoms with Gasteiger partial charge < -0.3 is 14.2 Å². The lowest BCUT2D eigenvalue weighted by atomic mass is 10.2. The van der Waals surface area contributed by atoms with E-state index in [1.807, 2.05) is 5.10 Å². The van der Waals surface area contributed by atoms with Gasteiger partial charge in [-0.3, -0.25) is 23.5 Å². The number of methoxy groups -OCH3 is 1. The molecule has 26 heteroatoms. The summed E-state index contributed by atoms with van der Waals surface area (Å²) in [5.74, 6) is -2.89. The van der Waals surface area contributed by atoms with E-state index in [2.05, 4.69) is 25.3 Å². The van der Waals surface area contributed by atoms with Crippen molar-refractivity contribution in [3.8, 4) is 41.0 Å². The molecule has 0 aliphatic heterocycles. The number of rotatable bonds is 11. The van der Waals surface area contributed by atoms with E-state index in [1.54, 1.807) is 12.1 Å². The summed E-state index contributed by atoms with van der Waals surface area (Å²) in [5, 5.41) is 31.1. The molecule has 4 aromatic heterocycles. The Morgan fingerprint density at radius 1 is 0.683 bits per heavy atom. The minimum Gasteiger partial charge on any atom is -0.480 e. The van der Waals surface area contributed by atoms with Gasteiger partial charge in [-0.1, -0.05) is 23.2 Å². The number of hydrogen-bond acceptors (Lipinski definition) is 13. The van der Waals surface area contributed by atoms with E-state index in [-0.39, 0.29) is 67.6 Å². The van der Waals surface area contributed by atoms with E-state index in [9.17, 15) is 49.5 Å². The number of H-pyrrole nitrogens is 1. The third kappa shape index (κ3) is 11.5. The van der Waals surface area contributed by atoms with Crippen molar-refractivity contribution in [3.05, 3.63) is 147 Å². The number of ether oxygens (including phenoxy) is 3. The van der Waals surface area contributed by atoms with Crippen LogP contribution in [0.2, 0.25) is 10.0 Å². The molecule has 0 spiro atoms.